The van der Waals surface area contributed by atoms with Crippen LogP contribution in [0.4, 0.5) is 10.1 Å². The van der Waals surface area contributed by atoms with Crippen LogP contribution in [0, 0.1) is 17.7 Å². The number of benzene rings is 1. The Morgan fingerprint density at radius 2 is 2.10 bits per heavy atom. The molecule has 5 nitrogen and oxygen atoms in total. The number of carboxylic acid groups (broad SMARTS) is 1. The van der Waals surface area contributed by atoms with Gasteiger partial charge in [-0.1, -0.05) is 12.2 Å². The van der Waals surface area contributed by atoms with Gasteiger partial charge in [0.1, 0.15) is 17.3 Å². The molecule has 0 aromatic heterocycles. The van der Waals surface area contributed by atoms with E-state index in [1.807, 2.05) is 0 Å². The average Bonchev–Trinajstić information content (AvgIpc) is 3.08. The third-order valence-corrected chi connectivity index (χ3v) is 4.52. The molecule has 1 aromatic rings. The first-order valence-electron chi connectivity index (χ1n) is 6.69. The van der Waals surface area contributed by atoms with Crippen LogP contribution in [0.5, 0.6) is 0 Å². The van der Waals surface area contributed by atoms with E-state index in [2.05, 4.69) is 0 Å². The van der Waals surface area contributed by atoms with Crippen LogP contribution in [0.2, 0.25) is 0 Å². The van der Waals surface area contributed by atoms with Gasteiger partial charge in [0, 0.05) is 5.69 Å². The summed E-state index contributed by atoms with van der Waals surface area (Å²) in [6.07, 6.45) is 2.98. The molecular formula is C15H12FNO4. The zero-order chi connectivity index (χ0) is 14.8. The fourth-order valence-corrected chi connectivity index (χ4v) is 3.62. The maximum atomic E-state index is 13.0. The summed E-state index contributed by atoms with van der Waals surface area (Å²) in [5.41, 5.74) is -0.311. The lowest BCUT2D eigenvalue weighted by molar-refractivity contribution is -0.146. The highest BCUT2D eigenvalue weighted by atomic mass is 19.1. The fourth-order valence-electron chi connectivity index (χ4n) is 3.62. The van der Waals surface area contributed by atoms with Crippen molar-refractivity contribution in [3.05, 3.63) is 42.2 Å². The van der Waals surface area contributed by atoms with E-state index in [4.69, 9.17) is 4.74 Å². The second-order valence-corrected chi connectivity index (χ2v) is 5.64. The Bertz CT molecular complexity index is 671. The summed E-state index contributed by atoms with van der Waals surface area (Å²) in [5.74, 6) is -3.25. The molecule has 3 aliphatic heterocycles. The van der Waals surface area contributed by atoms with Crippen LogP contribution >= 0.6 is 0 Å². The van der Waals surface area contributed by atoms with E-state index in [0.717, 1.165) is 0 Å². The van der Waals surface area contributed by atoms with Crippen molar-refractivity contribution in [3.8, 4) is 0 Å². The van der Waals surface area contributed by atoms with Crippen molar-refractivity contribution in [2.75, 3.05) is 11.4 Å². The fraction of sp³-hybridized carbons (Fsp3) is 0.333. The third kappa shape index (κ3) is 1.53. The number of hydrogen-bond donors (Lipinski definition) is 1. The number of carbonyl (C=O) groups is 2. The number of amides is 1. The number of aliphatic carboxylic acids is 1. The normalized spacial score (nSPS) is 36.3. The van der Waals surface area contributed by atoms with Gasteiger partial charge in [0.15, 0.2) is 0 Å². The number of rotatable bonds is 2. The quantitative estimate of drug-likeness (QED) is 0.831. The molecule has 0 saturated carbocycles. The smallest absolute Gasteiger partial charge is 0.310 e. The highest BCUT2D eigenvalue weighted by Gasteiger charge is 2.67. The molecule has 2 bridgehead atoms. The van der Waals surface area contributed by atoms with E-state index in [1.54, 1.807) is 12.2 Å². The highest BCUT2D eigenvalue weighted by Crippen LogP contribution is 2.52. The minimum atomic E-state index is -1.02. The Balaban J connectivity index is 1.73. The lowest BCUT2D eigenvalue weighted by atomic mass is 9.77. The summed E-state index contributed by atoms with van der Waals surface area (Å²) in [4.78, 5) is 25.5. The largest absolute Gasteiger partial charge is 0.481 e. The van der Waals surface area contributed by atoms with E-state index in [9.17, 15) is 19.1 Å². The number of anilines is 1. The van der Waals surface area contributed by atoms with Crippen molar-refractivity contribution in [3.63, 3.8) is 0 Å². The minimum Gasteiger partial charge on any atom is -0.481 e. The van der Waals surface area contributed by atoms with Crippen LogP contribution in [0.15, 0.2) is 36.4 Å². The summed E-state index contributed by atoms with van der Waals surface area (Å²) in [6.45, 7) is 0.263. The molecule has 108 valence electrons. The SMILES string of the molecule is O=C(O)[C@@H]1[C@H]2C=C[C@]3(CN(c4ccc(F)cc4)C(=O)[C@@H]13)O2. The van der Waals surface area contributed by atoms with E-state index in [-0.39, 0.29) is 18.3 Å². The van der Waals surface area contributed by atoms with E-state index in [0.29, 0.717) is 5.69 Å². The van der Waals surface area contributed by atoms with Crippen molar-refractivity contribution >= 4 is 17.6 Å². The Labute approximate surface area is 119 Å². The van der Waals surface area contributed by atoms with Crippen LogP contribution < -0.4 is 4.90 Å². The Kier molecular flexibility index (Phi) is 2.34. The molecule has 1 amide bonds. The van der Waals surface area contributed by atoms with Gasteiger partial charge in [0.2, 0.25) is 5.91 Å². The van der Waals surface area contributed by atoms with Crippen LogP contribution in [-0.2, 0) is 14.3 Å². The summed E-state index contributed by atoms with van der Waals surface area (Å²) >= 11 is 0. The third-order valence-electron chi connectivity index (χ3n) is 4.52. The predicted molar refractivity (Wildman–Crippen MR) is 70.1 cm³/mol. The molecule has 0 radical (unpaired) electrons. The van der Waals surface area contributed by atoms with Crippen molar-refractivity contribution < 1.29 is 23.8 Å². The van der Waals surface area contributed by atoms with E-state index >= 15 is 0 Å². The summed E-state index contributed by atoms with van der Waals surface area (Å²) in [5, 5.41) is 9.36. The predicted octanol–water partition coefficient (Wildman–Crippen LogP) is 1.20. The lowest BCUT2D eigenvalue weighted by Crippen LogP contribution is -2.39. The molecule has 2 saturated heterocycles. The van der Waals surface area contributed by atoms with Crippen LogP contribution in [0.1, 0.15) is 0 Å². The number of nitrogens with zero attached hydrogens (tertiary/aromatic N) is 1. The minimum absolute atomic E-state index is 0.263. The van der Waals surface area contributed by atoms with Gasteiger partial charge in [-0.15, -0.1) is 0 Å². The molecule has 6 heteroatoms. The Morgan fingerprint density at radius 1 is 1.38 bits per heavy atom. The molecule has 2 fully saturated rings. The van der Waals surface area contributed by atoms with Gasteiger partial charge in [-0.3, -0.25) is 9.59 Å². The molecule has 4 atom stereocenters. The average molecular weight is 289 g/mol. The molecule has 1 spiro atoms. The summed E-state index contributed by atoms with van der Waals surface area (Å²) in [6, 6.07) is 5.57. The second-order valence-electron chi connectivity index (χ2n) is 5.64. The number of halogens is 1. The van der Waals surface area contributed by atoms with E-state index in [1.165, 1.54) is 29.2 Å². The Morgan fingerprint density at radius 3 is 2.76 bits per heavy atom. The highest BCUT2D eigenvalue weighted by molar-refractivity contribution is 6.02. The number of carboxylic acids is 1. The Hall–Kier alpha value is -2.21. The van der Waals surface area contributed by atoms with Crippen LogP contribution in [0.25, 0.3) is 0 Å². The van der Waals surface area contributed by atoms with Gasteiger partial charge in [-0.2, -0.15) is 0 Å². The molecule has 21 heavy (non-hydrogen) atoms. The first kappa shape index (κ1) is 12.5. The zero-order valence-corrected chi connectivity index (χ0v) is 10.9. The van der Waals surface area contributed by atoms with Gasteiger partial charge >= 0.3 is 5.97 Å². The van der Waals surface area contributed by atoms with Crippen molar-refractivity contribution in [2.45, 2.75) is 11.7 Å². The van der Waals surface area contributed by atoms with Gasteiger partial charge in [0.25, 0.3) is 0 Å². The van der Waals surface area contributed by atoms with Gasteiger partial charge < -0.3 is 14.7 Å². The van der Waals surface area contributed by atoms with Gasteiger partial charge in [-0.05, 0) is 24.3 Å². The monoisotopic (exact) mass is 289 g/mol. The molecule has 1 aromatic carbocycles. The van der Waals surface area contributed by atoms with Crippen molar-refractivity contribution in [2.24, 2.45) is 11.8 Å². The molecule has 3 aliphatic rings. The molecule has 1 N–H and O–H groups in total. The van der Waals surface area contributed by atoms with Crippen molar-refractivity contribution in [1.29, 1.82) is 0 Å². The van der Waals surface area contributed by atoms with Gasteiger partial charge in [-0.25, -0.2) is 4.39 Å². The number of ether oxygens (including phenoxy) is 1. The summed E-state index contributed by atoms with van der Waals surface area (Å²) < 4.78 is 18.8. The first-order valence-corrected chi connectivity index (χ1v) is 6.69. The zero-order valence-electron chi connectivity index (χ0n) is 10.9. The van der Waals surface area contributed by atoms with Crippen molar-refractivity contribution in [1.82, 2.24) is 0 Å². The number of carbonyl (C=O) groups excluding carboxylic acids is 1. The molecule has 3 heterocycles. The standard InChI is InChI=1S/C15H12FNO4/c16-8-1-3-9(4-2-8)17-7-15-6-5-10(21-15)11(14(19)20)12(15)13(17)18/h1-6,10-12H,7H2,(H,19,20)/t10-,11-,12-,15-/m1/s1. The number of fused-ring (bicyclic) bond motifs is 1. The molecule has 0 unspecified atom stereocenters. The molecule has 0 aliphatic carbocycles. The second kappa shape index (κ2) is 3.92. The van der Waals surface area contributed by atoms with Crippen LogP contribution in [0.3, 0.4) is 0 Å². The summed E-state index contributed by atoms with van der Waals surface area (Å²) in [7, 11) is 0. The van der Waals surface area contributed by atoms with Crippen LogP contribution in [-0.4, -0.2) is 35.2 Å². The lowest BCUT2D eigenvalue weighted by Gasteiger charge is -2.21. The topological polar surface area (TPSA) is 66.8 Å². The maximum absolute atomic E-state index is 13.0. The van der Waals surface area contributed by atoms with E-state index < -0.39 is 29.5 Å². The number of hydrogen-bond acceptors (Lipinski definition) is 3. The maximum Gasteiger partial charge on any atom is 0.310 e. The van der Waals surface area contributed by atoms with Gasteiger partial charge in [0.05, 0.1) is 18.6 Å². The first-order chi connectivity index (χ1) is 10.0. The molecular weight excluding hydrogens is 277 g/mol. The molecule has 4 rings (SSSR count).